The fourth-order valence-corrected chi connectivity index (χ4v) is 0.575. The first kappa shape index (κ1) is 7.50. The molecule has 0 bridgehead atoms. The van der Waals surface area contributed by atoms with Gasteiger partial charge in [0.1, 0.15) is 0 Å². The Morgan fingerprint density at radius 1 is 1.62 bits per heavy atom. The van der Waals surface area contributed by atoms with Gasteiger partial charge >= 0.3 is 0 Å². The standard InChI is InChI=1S/C6H14N2/c1-2-3-6(4-7)5-8/h4H,2-3,5,7-8H2,1H3/b6-4-. The molecule has 0 aromatic rings. The molecule has 0 heterocycles. The fourth-order valence-electron chi connectivity index (χ4n) is 0.575. The molecule has 0 aliphatic heterocycles. The van der Waals surface area contributed by atoms with E-state index in [0.29, 0.717) is 6.54 Å². The van der Waals surface area contributed by atoms with E-state index >= 15 is 0 Å². The molecule has 0 aliphatic rings. The van der Waals surface area contributed by atoms with Gasteiger partial charge in [-0.25, -0.2) is 0 Å². The van der Waals surface area contributed by atoms with Crippen molar-refractivity contribution in [2.24, 2.45) is 11.5 Å². The lowest BCUT2D eigenvalue weighted by Gasteiger charge is -1.97. The second kappa shape index (κ2) is 4.65. The van der Waals surface area contributed by atoms with Crippen molar-refractivity contribution >= 4 is 0 Å². The lowest BCUT2D eigenvalue weighted by atomic mass is 10.2. The van der Waals surface area contributed by atoms with Gasteiger partial charge in [-0.2, -0.15) is 0 Å². The molecule has 0 spiro atoms. The summed E-state index contributed by atoms with van der Waals surface area (Å²) in [4.78, 5) is 0. The highest BCUT2D eigenvalue weighted by Gasteiger charge is 1.87. The number of hydrogen-bond acceptors (Lipinski definition) is 2. The highest BCUT2D eigenvalue weighted by molar-refractivity contribution is 5.00. The maximum Gasteiger partial charge on any atom is 0.0154 e. The molecule has 0 amide bonds. The summed E-state index contributed by atoms with van der Waals surface area (Å²) in [7, 11) is 0. The van der Waals surface area contributed by atoms with Crippen LogP contribution in [0.2, 0.25) is 0 Å². The topological polar surface area (TPSA) is 52.0 Å². The van der Waals surface area contributed by atoms with Crippen molar-refractivity contribution in [2.75, 3.05) is 6.54 Å². The SMILES string of the molecule is CCC/C(=C/N)CN. The Hall–Kier alpha value is -0.500. The maximum absolute atomic E-state index is 5.32. The average Bonchev–Trinajstić information content (AvgIpc) is 1.83. The van der Waals surface area contributed by atoms with Crippen molar-refractivity contribution in [1.82, 2.24) is 0 Å². The van der Waals surface area contributed by atoms with E-state index in [0.717, 1.165) is 18.4 Å². The van der Waals surface area contributed by atoms with Crippen LogP contribution in [0.25, 0.3) is 0 Å². The maximum atomic E-state index is 5.32. The van der Waals surface area contributed by atoms with Crippen LogP contribution in [0, 0.1) is 0 Å². The molecular formula is C6H14N2. The van der Waals surface area contributed by atoms with E-state index in [2.05, 4.69) is 6.92 Å². The van der Waals surface area contributed by atoms with E-state index in [1.54, 1.807) is 6.20 Å². The van der Waals surface area contributed by atoms with Crippen molar-refractivity contribution < 1.29 is 0 Å². The molecule has 0 saturated carbocycles. The minimum Gasteiger partial charge on any atom is -0.405 e. The molecule has 0 rings (SSSR count). The number of nitrogens with two attached hydrogens (primary N) is 2. The van der Waals surface area contributed by atoms with E-state index in [-0.39, 0.29) is 0 Å². The predicted molar refractivity (Wildman–Crippen MR) is 36.2 cm³/mol. The van der Waals surface area contributed by atoms with Crippen LogP contribution in [0.5, 0.6) is 0 Å². The van der Waals surface area contributed by atoms with Crippen molar-refractivity contribution in [3.63, 3.8) is 0 Å². The summed E-state index contributed by atoms with van der Waals surface area (Å²) >= 11 is 0. The van der Waals surface area contributed by atoms with Crippen molar-refractivity contribution in [3.8, 4) is 0 Å². The number of hydrogen-bond donors (Lipinski definition) is 2. The van der Waals surface area contributed by atoms with Gasteiger partial charge in [-0.3, -0.25) is 0 Å². The van der Waals surface area contributed by atoms with Gasteiger partial charge in [0, 0.05) is 6.54 Å². The molecule has 8 heavy (non-hydrogen) atoms. The van der Waals surface area contributed by atoms with Gasteiger partial charge in [-0.15, -0.1) is 0 Å². The Morgan fingerprint density at radius 2 is 2.25 bits per heavy atom. The summed E-state index contributed by atoms with van der Waals surface area (Å²) < 4.78 is 0. The third kappa shape index (κ3) is 2.64. The van der Waals surface area contributed by atoms with Crippen LogP contribution in [0.4, 0.5) is 0 Å². The lowest BCUT2D eigenvalue weighted by Crippen LogP contribution is -2.04. The zero-order chi connectivity index (χ0) is 6.41. The summed E-state index contributed by atoms with van der Waals surface area (Å²) in [5.41, 5.74) is 11.7. The summed E-state index contributed by atoms with van der Waals surface area (Å²) in [6.07, 6.45) is 3.76. The monoisotopic (exact) mass is 114 g/mol. The molecule has 0 atom stereocenters. The first-order valence-corrected chi connectivity index (χ1v) is 2.94. The number of rotatable bonds is 3. The third-order valence-corrected chi connectivity index (χ3v) is 1.07. The van der Waals surface area contributed by atoms with Gasteiger partial charge in [-0.1, -0.05) is 13.3 Å². The van der Waals surface area contributed by atoms with E-state index in [1.165, 1.54) is 0 Å². The highest BCUT2D eigenvalue weighted by atomic mass is 14.6. The van der Waals surface area contributed by atoms with E-state index in [1.807, 2.05) is 0 Å². The molecule has 2 nitrogen and oxygen atoms in total. The van der Waals surface area contributed by atoms with Crippen molar-refractivity contribution in [1.29, 1.82) is 0 Å². The predicted octanol–water partition coefficient (Wildman–Crippen LogP) is 0.588. The second-order valence-corrected chi connectivity index (χ2v) is 1.78. The Balaban J connectivity index is 3.38. The second-order valence-electron chi connectivity index (χ2n) is 1.78. The van der Waals surface area contributed by atoms with Gasteiger partial charge in [0.15, 0.2) is 0 Å². The Kier molecular flexibility index (Phi) is 4.36. The largest absolute Gasteiger partial charge is 0.405 e. The fraction of sp³-hybridized carbons (Fsp3) is 0.667. The van der Waals surface area contributed by atoms with Gasteiger partial charge in [0.05, 0.1) is 0 Å². The average molecular weight is 114 g/mol. The summed E-state index contributed by atoms with van der Waals surface area (Å²) in [6, 6.07) is 0. The summed E-state index contributed by atoms with van der Waals surface area (Å²) in [6.45, 7) is 2.71. The zero-order valence-electron chi connectivity index (χ0n) is 5.35. The van der Waals surface area contributed by atoms with Crippen LogP contribution >= 0.6 is 0 Å². The highest BCUT2D eigenvalue weighted by Crippen LogP contribution is 1.98. The Morgan fingerprint density at radius 3 is 2.38 bits per heavy atom. The molecule has 0 saturated heterocycles. The van der Waals surface area contributed by atoms with Crippen LogP contribution < -0.4 is 11.5 Å². The van der Waals surface area contributed by atoms with Crippen molar-refractivity contribution in [3.05, 3.63) is 11.8 Å². The quantitative estimate of drug-likeness (QED) is 0.564. The molecule has 0 unspecified atom stereocenters. The van der Waals surface area contributed by atoms with Crippen LogP contribution in [0.3, 0.4) is 0 Å². The van der Waals surface area contributed by atoms with Crippen LogP contribution in [-0.4, -0.2) is 6.54 Å². The van der Waals surface area contributed by atoms with Crippen LogP contribution in [0.15, 0.2) is 11.8 Å². The van der Waals surface area contributed by atoms with Gasteiger partial charge in [-0.05, 0) is 18.2 Å². The first-order chi connectivity index (χ1) is 3.85. The first-order valence-electron chi connectivity index (χ1n) is 2.94. The van der Waals surface area contributed by atoms with E-state index < -0.39 is 0 Å². The molecule has 0 radical (unpaired) electrons. The molecular weight excluding hydrogens is 100 g/mol. The smallest absolute Gasteiger partial charge is 0.0154 e. The Bertz CT molecular complexity index is 76.6. The van der Waals surface area contributed by atoms with Crippen LogP contribution in [0.1, 0.15) is 19.8 Å². The molecule has 2 heteroatoms. The Labute approximate surface area is 50.6 Å². The molecule has 48 valence electrons. The summed E-state index contributed by atoms with van der Waals surface area (Å²) in [5.74, 6) is 0. The third-order valence-electron chi connectivity index (χ3n) is 1.07. The normalized spacial score (nSPS) is 12.0. The van der Waals surface area contributed by atoms with Gasteiger partial charge in [0.25, 0.3) is 0 Å². The molecule has 4 N–H and O–H groups in total. The molecule has 0 aromatic heterocycles. The minimum atomic E-state index is 0.602. The molecule has 0 aromatic carbocycles. The minimum absolute atomic E-state index is 0.602. The lowest BCUT2D eigenvalue weighted by molar-refractivity contribution is 0.870. The molecule has 0 aliphatic carbocycles. The van der Waals surface area contributed by atoms with Gasteiger partial charge < -0.3 is 11.5 Å². The zero-order valence-corrected chi connectivity index (χ0v) is 5.35. The van der Waals surface area contributed by atoms with E-state index in [4.69, 9.17) is 11.5 Å². The van der Waals surface area contributed by atoms with Crippen molar-refractivity contribution in [2.45, 2.75) is 19.8 Å². The van der Waals surface area contributed by atoms with Gasteiger partial charge in [0.2, 0.25) is 0 Å². The van der Waals surface area contributed by atoms with E-state index in [9.17, 15) is 0 Å². The summed E-state index contributed by atoms with van der Waals surface area (Å²) in [5, 5.41) is 0. The molecule has 0 fully saturated rings. The van der Waals surface area contributed by atoms with Crippen LogP contribution in [-0.2, 0) is 0 Å².